The molecule has 1 aromatic rings. The van der Waals surface area contributed by atoms with Crippen molar-refractivity contribution >= 4 is 11.4 Å². The molecule has 1 N–H and O–H groups in total. The van der Waals surface area contributed by atoms with E-state index in [1.54, 1.807) is 6.08 Å². The summed E-state index contributed by atoms with van der Waals surface area (Å²) in [4.78, 5) is 12.1. The molecular formula is C18H16O2. The van der Waals surface area contributed by atoms with Crippen LogP contribution in [0.3, 0.4) is 0 Å². The minimum atomic E-state index is -0.457. The zero-order valence-corrected chi connectivity index (χ0v) is 11.4. The third-order valence-electron chi connectivity index (χ3n) is 4.48. The molecule has 0 amide bonds. The second-order valence-electron chi connectivity index (χ2n) is 5.59. The normalized spacial score (nSPS) is 26.5. The van der Waals surface area contributed by atoms with E-state index in [4.69, 9.17) is 6.42 Å². The van der Waals surface area contributed by atoms with Crippen molar-refractivity contribution in [2.24, 2.45) is 5.41 Å². The topological polar surface area (TPSA) is 37.3 Å². The van der Waals surface area contributed by atoms with Gasteiger partial charge < -0.3 is 5.11 Å². The van der Waals surface area contributed by atoms with Crippen LogP contribution >= 0.6 is 0 Å². The summed E-state index contributed by atoms with van der Waals surface area (Å²) < 4.78 is 0. The first-order valence-electron chi connectivity index (χ1n) is 6.78. The number of allylic oxidation sites excluding steroid dienone is 3. The molecule has 3 rings (SSSR count). The zero-order chi connectivity index (χ0) is 14.3. The molecule has 0 saturated carbocycles. The number of carbonyl (C=O) groups excluding carboxylic acids is 1. The number of terminal acetylenes is 1. The molecule has 1 aromatic carbocycles. The summed E-state index contributed by atoms with van der Waals surface area (Å²) in [5, 5.41) is 9.23. The van der Waals surface area contributed by atoms with Crippen molar-refractivity contribution in [1.82, 2.24) is 0 Å². The van der Waals surface area contributed by atoms with E-state index in [1.807, 2.05) is 19.1 Å². The minimum Gasteiger partial charge on any atom is -0.515 e. The zero-order valence-electron chi connectivity index (χ0n) is 11.4. The van der Waals surface area contributed by atoms with Crippen molar-refractivity contribution in [2.45, 2.75) is 26.2 Å². The molecular weight excluding hydrogens is 248 g/mol. The maximum atomic E-state index is 12.1. The molecule has 1 unspecified atom stereocenters. The van der Waals surface area contributed by atoms with Crippen LogP contribution in [-0.2, 0) is 11.2 Å². The summed E-state index contributed by atoms with van der Waals surface area (Å²) in [6.45, 7) is 2.05. The summed E-state index contributed by atoms with van der Waals surface area (Å²) in [5.41, 5.74) is 4.44. The van der Waals surface area contributed by atoms with Gasteiger partial charge >= 0.3 is 0 Å². The molecule has 20 heavy (non-hydrogen) atoms. The average molecular weight is 264 g/mol. The monoisotopic (exact) mass is 264 g/mol. The highest BCUT2D eigenvalue weighted by Crippen LogP contribution is 2.51. The third-order valence-corrected chi connectivity index (χ3v) is 4.48. The molecule has 0 saturated heterocycles. The first-order chi connectivity index (χ1) is 9.61. The van der Waals surface area contributed by atoms with Gasteiger partial charge in [0.05, 0.1) is 11.7 Å². The highest BCUT2D eigenvalue weighted by molar-refractivity contribution is 6.11. The highest BCUT2D eigenvalue weighted by atomic mass is 16.2. The molecule has 0 spiro atoms. The lowest BCUT2D eigenvalue weighted by Gasteiger charge is -2.40. The average Bonchev–Trinajstić information content (AvgIpc) is 2.47. The van der Waals surface area contributed by atoms with E-state index in [1.165, 1.54) is 5.56 Å². The van der Waals surface area contributed by atoms with Gasteiger partial charge in [-0.3, -0.25) is 4.79 Å². The van der Waals surface area contributed by atoms with Crippen molar-refractivity contribution in [1.29, 1.82) is 0 Å². The third kappa shape index (κ3) is 1.63. The largest absolute Gasteiger partial charge is 0.515 e. The van der Waals surface area contributed by atoms with Crippen molar-refractivity contribution in [3.8, 4) is 12.3 Å². The standard InChI is InChI=1S/C18H16O2/c1-3-18-8-7-13-6-4-5-12(2)17(13)15(18)9-16(20)14(10-18)11-19/h1,4-6,9,11,19H,7-8,10H2,2H3. The van der Waals surface area contributed by atoms with Crippen molar-refractivity contribution in [3.63, 3.8) is 0 Å². The fourth-order valence-corrected chi connectivity index (χ4v) is 3.38. The fourth-order valence-electron chi connectivity index (χ4n) is 3.38. The Bertz CT molecular complexity index is 701. The lowest BCUT2D eigenvalue weighted by Crippen LogP contribution is -2.32. The Morgan fingerprint density at radius 2 is 2.25 bits per heavy atom. The lowest BCUT2D eigenvalue weighted by molar-refractivity contribution is -0.112. The number of fused-ring (bicyclic) bond motifs is 3. The molecule has 1 atom stereocenters. The predicted molar refractivity (Wildman–Crippen MR) is 79.1 cm³/mol. The number of carbonyl (C=O) groups is 1. The van der Waals surface area contributed by atoms with Gasteiger partial charge in [-0.05, 0) is 54.5 Å². The molecule has 2 heteroatoms. The van der Waals surface area contributed by atoms with Crippen LogP contribution in [-0.4, -0.2) is 10.9 Å². The molecule has 0 heterocycles. The smallest absolute Gasteiger partial charge is 0.185 e. The summed E-state index contributed by atoms with van der Waals surface area (Å²) in [6.07, 6.45) is 10.5. The predicted octanol–water partition coefficient (Wildman–Crippen LogP) is 3.36. The van der Waals surface area contributed by atoms with E-state index in [9.17, 15) is 9.90 Å². The second kappa shape index (κ2) is 4.38. The molecule has 2 nitrogen and oxygen atoms in total. The van der Waals surface area contributed by atoms with Gasteiger partial charge in [0, 0.05) is 5.57 Å². The molecule has 2 aliphatic carbocycles. The lowest BCUT2D eigenvalue weighted by atomic mass is 9.61. The van der Waals surface area contributed by atoms with Crippen LogP contribution in [0.5, 0.6) is 0 Å². The van der Waals surface area contributed by atoms with E-state index in [0.717, 1.165) is 35.8 Å². The number of hydrogen-bond donors (Lipinski definition) is 1. The summed E-state index contributed by atoms with van der Waals surface area (Å²) in [6, 6.07) is 6.20. The Hall–Kier alpha value is -2.27. The van der Waals surface area contributed by atoms with Gasteiger partial charge in [0.2, 0.25) is 0 Å². The van der Waals surface area contributed by atoms with Crippen molar-refractivity contribution in [3.05, 3.63) is 52.8 Å². The molecule has 100 valence electrons. The van der Waals surface area contributed by atoms with Crippen LogP contribution < -0.4 is 0 Å². The number of aliphatic hydroxyl groups excluding tert-OH is 1. The van der Waals surface area contributed by atoms with E-state index in [0.29, 0.717) is 12.0 Å². The van der Waals surface area contributed by atoms with E-state index in [2.05, 4.69) is 12.0 Å². The first kappa shape index (κ1) is 12.7. The quantitative estimate of drug-likeness (QED) is 0.443. The van der Waals surface area contributed by atoms with Gasteiger partial charge in [-0.2, -0.15) is 0 Å². The van der Waals surface area contributed by atoms with Gasteiger partial charge in [-0.1, -0.05) is 24.1 Å². The Labute approximate surface area is 118 Å². The number of aliphatic hydroxyl groups is 1. The molecule has 0 bridgehead atoms. The van der Waals surface area contributed by atoms with Crippen LogP contribution in [0.25, 0.3) is 5.57 Å². The van der Waals surface area contributed by atoms with Crippen LogP contribution in [0.1, 0.15) is 29.5 Å². The minimum absolute atomic E-state index is 0.135. The number of rotatable bonds is 0. The summed E-state index contributed by atoms with van der Waals surface area (Å²) in [7, 11) is 0. The van der Waals surface area contributed by atoms with E-state index in [-0.39, 0.29) is 5.78 Å². The summed E-state index contributed by atoms with van der Waals surface area (Å²) >= 11 is 0. The molecule has 0 aromatic heterocycles. The number of aryl methyl sites for hydroxylation is 2. The highest BCUT2D eigenvalue weighted by Gasteiger charge is 2.42. The Morgan fingerprint density at radius 1 is 1.45 bits per heavy atom. The van der Waals surface area contributed by atoms with Crippen LogP contribution in [0.15, 0.2) is 36.1 Å². The maximum Gasteiger partial charge on any atom is 0.185 e. The van der Waals surface area contributed by atoms with Gasteiger partial charge in [0.15, 0.2) is 5.78 Å². The van der Waals surface area contributed by atoms with Crippen molar-refractivity contribution < 1.29 is 9.90 Å². The Morgan fingerprint density at radius 3 is 2.95 bits per heavy atom. The van der Waals surface area contributed by atoms with E-state index >= 15 is 0 Å². The van der Waals surface area contributed by atoms with Crippen LogP contribution in [0.2, 0.25) is 0 Å². The van der Waals surface area contributed by atoms with Crippen LogP contribution in [0, 0.1) is 24.7 Å². The van der Waals surface area contributed by atoms with E-state index < -0.39 is 5.41 Å². The van der Waals surface area contributed by atoms with Crippen molar-refractivity contribution in [2.75, 3.05) is 0 Å². The molecule has 0 radical (unpaired) electrons. The molecule has 0 fully saturated rings. The maximum absolute atomic E-state index is 12.1. The first-order valence-corrected chi connectivity index (χ1v) is 6.78. The fraction of sp³-hybridized carbons (Fsp3) is 0.278. The second-order valence-corrected chi connectivity index (χ2v) is 5.59. The Balaban J connectivity index is 2.28. The van der Waals surface area contributed by atoms with Gasteiger partial charge in [0.1, 0.15) is 0 Å². The van der Waals surface area contributed by atoms with Gasteiger partial charge in [-0.15, -0.1) is 6.42 Å². The number of benzene rings is 1. The van der Waals surface area contributed by atoms with Crippen LogP contribution in [0.4, 0.5) is 0 Å². The SMILES string of the molecule is C#CC12CCc3cccc(C)c3C1=CC(=O)C(=CO)C2. The van der Waals surface area contributed by atoms with Gasteiger partial charge in [-0.25, -0.2) is 0 Å². The molecule has 0 aliphatic heterocycles. The number of ketones is 1. The van der Waals surface area contributed by atoms with Gasteiger partial charge in [0.25, 0.3) is 0 Å². The number of hydrogen-bond acceptors (Lipinski definition) is 2. The summed E-state index contributed by atoms with van der Waals surface area (Å²) in [5.74, 6) is 2.77. The molecule has 2 aliphatic rings. The Kier molecular flexibility index (Phi) is 2.79.